The van der Waals surface area contributed by atoms with Crippen molar-refractivity contribution >= 4 is 35.3 Å². The molecular weight excluding hydrogens is 462 g/mol. The number of benzene rings is 2. The number of fused-ring (bicyclic) bond motifs is 1. The van der Waals surface area contributed by atoms with E-state index in [0.717, 1.165) is 36.5 Å². The number of hydrogen-bond acceptors (Lipinski definition) is 6. The van der Waals surface area contributed by atoms with Gasteiger partial charge in [0, 0.05) is 36.7 Å². The van der Waals surface area contributed by atoms with E-state index < -0.39 is 35.6 Å². The van der Waals surface area contributed by atoms with Gasteiger partial charge in [0.15, 0.2) is 0 Å². The van der Waals surface area contributed by atoms with Crippen molar-refractivity contribution in [2.24, 2.45) is 5.92 Å². The fourth-order valence-electron chi connectivity index (χ4n) is 4.90. The van der Waals surface area contributed by atoms with E-state index in [9.17, 15) is 24.0 Å². The molecule has 0 spiro atoms. The molecule has 0 bridgehead atoms. The average molecular weight is 485 g/mol. The highest BCUT2D eigenvalue weighted by Gasteiger charge is 2.45. The van der Waals surface area contributed by atoms with Crippen LogP contribution in [0.15, 0.2) is 42.5 Å². The summed E-state index contributed by atoms with van der Waals surface area (Å²) < 4.78 is 0. The maximum absolute atomic E-state index is 13.2. The summed E-state index contributed by atoms with van der Waals surface area (Å²) in [6.07, 6.45) is 1.78. The Labute approximate surface area is 207 Å². The number of rotatable bonds is 3. The van der Waals surface area contributed by atoms with E-state index in [2.05, 4.69) is 22.1 Å². The van der Waals surface area contributed by atoms with Crippen LogP contribution in [0.4, 0.5) is 5.69 Å². The zero-order chi connectivity index (χ0) is 25.4. The lowest BCUT2D eigenvalue weighted by atomic mass is 9.95. The number of carboxylic acids is 1. The SMILES string of the molecule is O=C1CCC(N2C(=O)c3cccc(C#CC4CCN(c5ccc(C(=O)O)cc5)CC4)c3C2=O)C(=O)N1. The van der Waals surface area contributed by atoms with Crippen LogP contribution < -0.4 is 10.2 Å². The highest BCUT2D eigenvalue weighted by molar-refractivity contribution is 6.24. The van der Waals surface area contributed by atoms with Gasteiger partial charge >= 0.3 is 5.97 Å². The largest absolute Gasteiger partial charge is 0.478 e. The first-order valence-corrected chi connectivity index (χ1v) is 11.8. The molecular formula is C27H23N3O6. The number of carboxylic acid groups (broad SMARTS) is 1. The van der Waals surface area contributed by atoms with Crippen molar-refractivity contribution in [1.82, 2.24) is 10.2 Å². The molecule has 5 rings (SSSR count). The Balaban J connectivity index is 1.29. The Kier molecular flexibility index (Phi) is 6.02. The van der Waals surface area contributed by atoms with Crippen LogP contribution in [0.2, 0.25) is 0 Å². The second-order valence-electron chi connectivity index (χ2n) is 9.06. The van der Waals surface area contributed by atoms with Gasteiger partial charge in [-0.05, 0) is 55.7 Å². The molecule has 2 N–H and O–H groups in total. The van der Waals surface area contributed by atoms with Crippen LogP contribution in [0.1, 0.15) is 62.3 Å². The van der Waals surface area contributed by atoms with Gasteiger partial charge in [-0.3, -0.25) is 29.4 Å². The normalized spacial score (nSPS) is 20.1. The summed E-state index contributed by atoms with van der Waals surface area (Å²) in [7, 11) is 0. The Hall–Kier alpha value is -4.45. The maximum Gasteiger partial charge on any atom is 0.335 e. The molecule has 9 nitrogen and oxygen atoms in total. The number of carbonyl (C=O) groups is 5. The molecule has 2 aromatic carbocycles. The van der Waals surface area contributed by atoms with Gasteiger partial charge in [-0.15, -0.1) is 0 Å². The Bertz CT molecular complexity index is 1350. The van der Waals surface area contributed by atoms with Crippen LogP contribution >= 0.6 is 0 Å². The predicted molar refractivity (Wildman–Crippen MR) is 128 cm³/mol. The van der Waals surface area contributed by atoms with Gasteiger partial charge in [0.1, 0.15) is 6.04 Å². The number of hydrogen-bond donors (Lipinski definition) is 2. The van der Waals surface area contributed by atoms with Crippen molar-refractivity contribution in [3.05, 3.63) is 64.7 Å². The van der Waals surface area contributed by atoms with Crippen LogP contribution in [0.3, 0.4) is 0 Å². The van der Waals surface area contributed by atoms with Crippen molar-refractivity contribution in [2.45, 2.75) is 31.7 Å². The quantitative estimate of drug-likeness (QED) is 0.504. The van der Waals surface area contributed by atoms with Gasteiger partial charge in [-0.2, -0.15) is 0 Å². The van der Waals surface area contributed by atoms with Crippen LogP contribution in [0.25, 0.3) is 0 Å². The first-order chi connectivity index (χ1) is 17.3. The zero-order valence-corrected chi connectivity index (χ0v) is 19.3. The molecule has 1 unspecified atom stereocenters. The first-order valence-electron chi connectivity index (χ1n) is 11.8. The van der Waals surface area contributed by atoms with Crippen molar-refractivity contribution in [3.8, 4) is 11.8 Å². The van der Waals surface area contributed by atoms with Gasteiger partial charge in [-0.1, -0.05) is 17.9 Å². The lowest BCUT2D eigenvalue weighted by Gasteiger charge is -2.31. The van der Waals surface area contributed by atoms with E-state index in [1.807, 2.05) is 0 Å². The third kappa shape index (κ3) is 4.22. The standard InChI is InChI=1S/C27H23N3O6/c31-22-11-10-21(24(32)28-22)30-25(33)20-3-1-2-17(23(20)26(30)34)5-4-16-12-14-29(15-13-16)19-8-6-18(7-9-19)27(35)36/h1-3,6-9,16,21H,10-15H2,(H,35,36)(H,28,31,32). The highest BCUT2D eigenvalue weighted by Crippen LogP contribution is 2.30. The van der Waals surface area contributed by atoms with Crippen LogP contribution in [0, 0.1) is 17.8 Å². The van der Waals surface area contributed by atoms with Gasteiger partial charge in [0.25, 0.3) is 11.8 Å². The van der Waals surface area contributed by atoms with Crippen molar-refractivity contribution < 1.29 is 29.1 Å². The Morgan fingerprint density at radius 1 is 0.944 bits per heavy atom. The highest BCUT2D eigenvalue weighted by atomic mass is 16.4. The lowest BCUT2D eigenvalue weighted by Crippen LogP contribution is -2.54. The lowest BCUT2D eigenvalue weighted by molar-refractivity contribution is -0.136. The van der Waals surface area contributed by atoms with E-state index in [-0.39, 0.29) is 35.4 Å². The summed E-state index contributed by atoms with van der Waals surface area (Å²) in [5.74, 6) is 3.33. The molecule has 0 aromatic heterocycles. The van der Waals surface area contributed by atoms with Gasteiger partial charge in [-0.25, -0.2) is 4.79 Å². The number of aromatic carboxylic acids is 1. The first kappa shape index (κ1) is 23.3. The number of anilines is 1. The van der Waals surface area contributed by atoms with E-state index in [4.69, 9.17) is 5.11 Å². The zero-order valence-electron chi connectivity index (χ0n) is 19.3. The molecule has 0 aliphatic carbocycles. The number of nitrogens with zero attached hydrogens (tertiary/aromatic N) is 2. The molecule has 2 aromatic rings. The average Bonchev–Trinajstić information content (AvgIpc) is 3.13. The second-order valence-corrected chi connectivity index (χ2v) is 9.06. The van der Waals surface area contributed by atoms with Crippen molar-refractivity contribution in [1.29, 1.82) is 0 Å². The topological polar surface area (TPSA) is 124 Å². The van der Waals surface area contributed by atoms with Crippen LogP contribution in [0.5, 0.6) is 0 Å². The summed E-state index contributed by atoms with van der Waals surface area (Å²) in [6.45, 7) is 1.53. The molecule has 1 atom stereocenters. The van der Waals surface area contributed by atoms with Crippen LogP contribution in [-0.2, 0) is 9.59 Å². The summed E-state index contributed by atoms with van der Waals surface area (Å²) in [6, 6.07) is 10.7. The number of amides is 4. The number of imide groups is 2. The van der Waals surface area contributed by atoms with Gasteiger partial charge in [0.05, 0.1) is 16.7 Å². The maximum atomic E-state index is 13.2. The molecule has 0 saturated carbocycles. The van der Waals surface area contributed by atoms with Gasteiger partial charge < -0.3 is 10.0 Å². The molecule has 2 fully saturated rings. The van der Waals surface area contributed by atoms with Crippen molar-refractivity contribution in [3.63, 3.8) is 0 Å². The van der Waals surface area contributed by atoms with E-state index in [1.54, 1.807) is 42.5 Å². The minimum absolute atomic E-state index is 0.0683. The third-order valence-electron chi connectivity index (χ3n) is 6.85. The molecule has 0 radical (unpaired) electrons. The molecule has 9 heteroatoms. The van der Waals surface area contributed by atoms with Crippen LogP contribution in [-0.4, -0.2) is 58.7 Å². The summed E-state index contributed by atoms with van der Waals surface area (Å²) in [4.78, 5) is 64.1. The third-order valence-corrected chi connectivity index (χ3v) is 6.85. The second kappa shape index (κ2) is 9.30. The summed E-state index contributed by atoms with van der Waals surface area (Å²) >= 11 is 0. The van der Waals surface area contributed by atoms with Gasteiger partial charge in [0.2, 0.25) is 11.8 Å². The molecule has 2 saturated heterocycles. The monoisotopic (exact) mass is 485 g/mol. The summed E-state index contributed by atoms with van der Waals surface area (Å²) in [5.41, 5.74) is 2.09. The Morgan fingerprint density at radius 3 is 2.33 bits per heavy atom. The van der Waals surface area contributed by atoms with E-state index in [1.165, 1.54) is 0 Å². The minimum Gasteiger partial charge on any atom is -0.478 e. The number of nitrogens with one attached hydrogen (secondary N) is 1. The van der Waals surface area contributed by atoms with Crippen molar-refractivity contribution in [2.75, 3.05) is 18.0 Å². The molecule has 4 amide bonds. The fraction of sp³-hybridized carbons (Fsp3) is 0.296. The fourth-order valence-corrected chi connectivity index (χ4v) is 4.90. The number of carbonyl (C=O) groups excluding carboxylic acids is 4. The molecule has 182 valence electrons. The van der Waals surface area contributed by atoms with E-state index in [0.29, 0.717) is 5.56 Å². The Morgan fingerprint density at radius 2 is 1.67 bits per heavy atom. The molecule has 36 heavy (non-hydrogen) atoms. The molecule has 3 aliphatic rings. The molecule has 3 aliphatic heterocycles. The predicted octanol–water partition coefficient (Wildman–Crippen LogP) is 2.05. The summed E-state index contributed by atoms with van der Waals surface area (Å²) in [5, 5.41) is 11.3. The van der Waals surface area contributed by atoms with E-state index >= 15 is 0 Å². The minimum atomic E-state index is -1.01. The number of piperidine rings is 2. The smallest absolute Gasteiger partial charge is 0.335 e. The molecule has 3 heterocycles.